The molecule has 0 aliphatic heterocycles. The molecule has 0 bridgehead atoms. The Bertz CT molecular complexity index is 2540. The Labute approximate surface area is 286 Å². The lowest BCUT2D eigenvalue weighted by Crippen LogP contribution is -1.97. The first-order chi connectivity index (χ1) is 24.3. The van der Waals surface area contributed by atoms with Crippen molar-refractivity contribution in [1.29, 1.82) is 0 Å². The third-order valence-electron chi connectivity index (χ3n) is 9.42. The summed E-state index contributed by atoms with van der Waals surface area (Å²) in [5, 5.41) is 7.83. The van der Waals surface area contributed by atoms with Gasteiger partial charge in [0.15, 0.2) is 0 Å². The van der Waals surface area contributed by atoms with Gasteiger partial charge in [-0.05, 0) is 62.5 Å². The average Bonchev–Trinajstić information content (AvgIpc) is 3.60. The summed E-state index contributed by atoms with van der Waals surface area (Å²) in [6.45, 7) is 0. The SMILES string of the molecule is c1ccc(-c2ccc(-c3nn4c(-c5ccccc5)cc5cc(-c6ccccc6)c(-c6ccccc6)cc5c4c3-c3ccccc3)cc2)cc1. The molecular formula is C47H32N2. The molecule has 0 radical (unpaired) electrons. The van der Waals surface area contributed by atoms with E-state index in [9.17, 15) is 0 Å². The minimum absolute atomic E-state index is 0.962. The quantitative estimate of drug-likeness (QED) is 0.180. The molecule has 2 heterocycles. The Balaban J connectivity index is 1.40. The van der Waals surface area contributed by atoms with Gasteiger partial charge >= 0.3 is 0 Å². The van der Waals surface area contributed by atoms with Gasteiger partial charge in [0.05, 0.1) is 11.2 Å². The van der Waals surface area contributed by atoms with E-state index in [0.29, 0.717) is 0 Å². The zero-order valence-electron chi connectivity index (χ0n) is 26.9. The molecule has 0 amide bonds. The number of rotatable bonds is 6. The van der Waals surface area contributed by atoms with Crippen molar-refractivity contribution in [3.63, 3.8) is 0 Å². The minimum Gasteiger partial charge on any atom is -0.231 e. The van der Waals surface area contributed by atoms with Crippen LogP contribution in [-0.2, 0) is 0 Å². The van der Waals surface area contributed by atoms with Crippen LogP contribution in [0.4, 0.5) is 0 Å². The van der Waals surface area contributed by atoms with Crippen molar-refractivity contribution in [2.75, 3.05) is 0 Å². The molecule has 2 nitrogen and oxygen atoms in total. The average molecular weight is 625 g/mol. The van der Waals surface area contributed by atoms with E-state index in [0.717, 1.165) is 44.5 Å². The molecule has 49 heavy (non-hydrogen) atoms. The first kappa shape index (κ1) is 28.7. The predicted octanol–water partition coefficient (Wildman–Crippen LogP) is 12.5. The summed E-state index contributed by atoms with van der Waals surface area (Å²) in [5.41, 5.74) is 14.8. The number of fused-ring (bicyclic) bond motifs is 3. The fourth-order valence-electron chi connectivity index (χ4n) is 7.05. The van der Waals surface area contributed by atoms with E-state index in [4.69, 9.17) is 5.10 Å². The summed E-state index contributed by atoms with van der Waals surface area (Å²) in [6.07, 6.45) is 0. The lowest BCUT2D eigenvalue weighted by atomic mass is 9.89. The fourth-order valence-corrected chi connectivity index (χ4v) is 7.05. The first-order valence-electron chi connectivity index (χ1n) is 16.7. The smallest absolute Gasteiger partial charge is 0.101 e. The summed E-state index contributed by atoms with van der Waals surface area (Å²) in [7, 11) is 0. The maximum atomic E-state index is 5.49. The number of hydrogen-bond acceptors (Lipinski definition) is 1. The molecule has 9 aromatic rings. The molecule has 0 unspecified atom stereocenters. The lowest BCUT2D eigenvalue weighted by molar-refractivity contribution is 0.979. The van der Waals surface area contributed by atoms with Crippen molar-refractivity contribution >= 4 is 16.3 Å². The van der Waals surface area contributed by atoms with E-state index >= 15 is 0 Å². The molecule has 230 valence electrons. The van der Waals surface area contributed by atoms with E-state index in [1.54, 1.807) is 0 Å². The maximum Gasteiger partial charge on any atom is 0.101 e. The number of aromatic nitrogens is 2. The molecule has 0 spiro atoms. The zero-order valence-corrected chi connectivity index (χ0v) is 26.9. The Morgan fingerprint density at radius 3 is 1.33 bits per heavy atom. The highest BCUT2D eigenvalue weighted by molar-refractivity contribution is 6.11. The summed E-state index contributed by atoms with van der Waals surface area (Å²) < 4.78 is 2.18. The molecule has 7 aromatic carbocycles. The summed E-state index contributed by atoms with van der Waals surface area (Å²) >= 11 is 0. The second kappa shape index (κ2) is 12.3. The fraction of sp³-hybridized carbons (Fsp3) is 0. The third kappa shape index (κ3) is 5.21. The van der Waals surface area contributed by atoms with Gasteiger partial charge in [0.2, 0.25) is 0 Å². The van der Waals surface area contributed by atoms with Gasteiger partial charge in [0.25, 0.3) is 0 Å². The molecule has 0 aliphatic carbocycles. The Hall–Kier alpha value is -6.51. The van der Waals surface area contributed by atoms with Crippen molar-refractivity contribution in [3.05, 3.63) is 194 Å². The van der Waals surface area contributed by atoms with Gasteiger partial charge in [0, 0.05) is 22.1 Å². The van der Waals surface area contributed by atoms with Crippen LogP contribution in [-0.4, -0.2) is 9.61 Å². The minimum atomic E-state index is 0.962. The van der Waals surface area contributed by atoms with Crippen LogP contribution < -0.4 is 0 Å². The van der Waals surface area contributed by atoms with Gasteiger partial charge in [-0.1, -0.05) is 176 Å². The third-order valence-corrected chi connectivity index (χ3v) is 9.42. The highest BCUT2D eigenvalue weighted by atomic mass is 15.2. The van der Waals surface area contributed by atoms with Gasteiger partial charge in [-0.25, -0.2) is 4.52 Å². The number of hydrogen-bond donors (Lipinski definition) is 0. The number of pyridine rings is 1. The van der Waals surface area contributed by atoms with Gasteiger partial charge in [-0.2, -0.15) is 5.10 Å². The largest absolute Gasteiger partial charge is 0.231 e. The van der Waals surface area contributed by atoms with Gasteiger partial charge in [-0.3, -0.25) is 0 Å². The molecule has 2 heteroatoms. The molecule has 2 aromatic heterocycles. The maximum absolute atomic E-state index is 5.49. The van der Waals surface area contributed by atoms with Crippen LogP contribution in [0.25, 0.3) is 83.3 Å². The van der Waals surface area contributed by atoms with Crippen LogP contribution >= 0.6 is 0 Å². The first-order valence-corrected chi connectivity index (χ1v) is 16.7. The van der Waals surface area contributed by atoms with Crippen LogP contribution in [0, 0.1) is 0 Å². The summed E-state index contributed by atoms with van der Waals surface area (Å²) in [5.74, 6) is 0. The van der Waals surface area contributed by atoms with E-state index in [-0.39, 0.29) is 0 Å². The second-order valence-electron chi connectivity index (χ2n) is 12.4. The van der Waals surface area contributed by atoms with Crippen molar-refractivity contribution < 1.29 is 0 Å². The summed E-state index contributed by atoms with van der Waals surface area (Å²) in [6, 6.07) is 69.2. The number of benzene rings is 7. The molecule has 0 N–H and O–H groups in total. The Morgan fingerprint density at radius 1 is 0.347 bits per heavy atom. The van der Waals surface area contributed by atoms with Crippen molar-refractivity contribution in [3.8, 4) is 67.0 Å². The van der Waals surface area contributed by atoms with Gasteiger partial charge in [0.1, 0.15) is 5.69 Å². The van der Waals surface area contributed by atoms with E-state index < -0.39 is 0 Å². The van der Waals surface area contributed by atoms with Gasteiger partial charge in [-0.15, -0.1) is 0 Å². The Morgan fingerprint density at radius 2 is 0.776 bits per heavy atom. The highest BCUT2D eigenvalue weighted by Crippen LogP contribution is 2.44. The summed E-state index contributed by atoms with van der Waals surface area (Å²) in [4.78, 5) is 0. The molecular weight excluding hydrogens is 593 g/mol. The molecule has 9 rings (SSSR count). The monoisotopic (exact) mass is 624 g/mol. The normalized spacial score (nSPS) is 11.3. The molecule has 0 saturated carbocycles. The lowest BCUT2D eigenvalue weighted by Gasteiger charge is -2.16. The van der Waals surface area contributed by atoms with Crippen molar-refractivity contribution in [1.82, 2.24) is 9.61 Å². The van der Waals surface area contributed by atoms with Crippen LogP contribution in [0.5, 0.6) is 0 Å². The van der Waals surface area contributed by atoms with E-state index in [1.165, 1.54) is 38.8 Å². The molecule has 0 aliphatic rings. The highest BCUT2D eigenvalue weighted by Gasteiger charge is 2.23. The van der Waals surface area contributed by atoms with Gasteiger partial charge < -0.3 is 0 Å². The number of nitrogens with zero attached hydrogens (tertiary/aromatic N) is 2. The standard InChI is InChI=1S/C47H32N2/c1-6-16-33(17-7-1)34-26-28-39(29-27-34)46-45(38-24-14-5-15-25-38)47-43-32-42(36-20-10-3-11-21-36)41(35-18-8-2-9-19-35)30-40(43)31-44(49(47)48-46)37-22-12-4-13-23-37/h1-32H. The van der Waals surface area contributed by atoms with Crippen molar-refractivity contribution in [2.24, 2.45) is 0 Å². The van der Waals surface area contributed by atoms with Crippen molar-refractivity contribution in [2.45, 2.75) is 0 Å². The van der Waals surface area contributed by atoms with Crippen LogP contribution in [0.15, 0.2) is 194 Å². The van der Waals surface area contributed by atoms with Crippen LogP contribution in [0.2, 0.25) is 0 Å². The molecule has 0 atom stereocenters. The van der Waals surface area contributed by atoms with Crippen LogP contribution in [0.1, 0.15) is 0 Å². The zero-order chi connectivity index (χ0) is 32.6. The van der Waals surface area contributed by atoms with E-state index in [1.807, 2.05) is 0 Å². The topological polar surface area (TPSA) is 17.3 Å². The van der Waals surface area contributed by atoms with E-state index in [2.05, 4.69) is 199 Å². The molecule has 0 fully saturated rings. The predicted molar refractivity (Wildman–Crippen MR) is 205 cm³/mol. The Kier molecular flexibility index (Phi) is 7.18. The van der Waals surface area contributed by atoms with Crippen LogP contribution in [0.3, 0.4) is 0 Å². The second-order valence-corrected chi connectivity index (χ2v) is 12.4. The molecule has 0 saturated heterocycles.